The van der Waals surface area contributed by atoms with Crippen LogP contribution in [0.5, 0.6) is 0 Å². The number of carbonyl (C=O) groups is 2. The van der Waals surface area contributed by atoms with Crippen molar-refractivity contribution in [3.8, 4) is 0 Å². The summed E-state index contributed by atoms with van der Waals surface area (Å²) in [5.41, 5.74) is 0.924. The van der Waals surface area contributed by atoms with Gasteiger partial charge < -0.3 is 10.6 Å². The van der Waals surface area contributed by atoms with Gasteiger partial charge in [-0.25, -0.2) is 0 Å². The van der Waals surface area contributed by atoms with Crippen molar-refractivity contribution in [2.45, 2.75) is 52.1 Å². The molecule has 126 valence electrons. The molecule has 0 bridgehead atoms. The number of carbonyl (C=O) groups excluding carboxylic acids is 2. The van der Waals surface area contributed by atoms with E-state index in [0.717, 1.165) is 31.2 Å². The van der Waals surface area contributed by atoms with Gasteiger partial charge in [0.15, 0.2) is 0 Å². The smallest absolute Gasteiger partial charge is 0.223 e. The molecule has 1 aliphatic carbocycles. The first-order valence-corrected chi connectivity index (χ1v) is 8.66. The molecule has 1 aromatic carbocycles. The fourth-order valence-corrected chi connectivity index (χ4v) is 3.19. The molecule has 23 heavy (non-hydrogen) atoms. The monoisotopic (exact) mass is 336 g/mol. The summed E-state index contributed by atoms with van der Waals surface area (Å²) < 4.78 is 0. The maximum atomic E-state index is 12.3. The van der Waals surface area contributed by atoms with E-state index in [1.165, 1.54) is 0 Å². The zero-order valence-corrected chi connectivity index (χ0v) is 14.5. The van der Waals surface area contributed by atoms with Gasteiger partial charge in [-0.05, 0) is 51.2 Å². The van der Waals surface area contributed by atoms with Crippen molar-refractivity contribution < 1.29 is 9.59 Å². The van der Waals surface area contributed by atoms with Crippen LogP contribution >= 0.6 is 11.6 Å². The van der Waals surface area contributed by atoms with Crippen molar-refractivity contribution in [1.82, 2.24) is 10.6 Å². The predicted octanol–water partition coefficient (Wildman–Crippen LogP) is 3.29. The van der Waals surface area contributed by atoms with Gasteiger partial charge in [0, 0.05) is 29.4 Å². The molecule has 0 unspecified atom stereocenters. The maximum absolute atomic E-state index is 12.3. The summed E-state index contributed by atoms with van der Waals surface area (Å²) in [6.07, 6.45) is 3.10. The molecular weight excluding hydrogens is 312 g/mol. The molecule has 0 atom stereocenters. The number of halogens is 1. The molecule has 0 heterocycles. The molecule has 1 saturated carbocycles. The lowest BCUT2D eigenvalue weighted by molar-refractivity contribution is -0.130. The summed E-state index contributed by atoms with van der Waals surface area (Å²) in [5, 5.41) is 6.59. The Labute approximate surface area is 143 Å². The lowest BCUT2D eigenvalue weighted by Gasteiger charge is -2.27. The predicted molar refractivity (Wildman–Crippen MR) is 92.0 cm³/mol. The lowest BCUT2D eigenvalue weighted by Crippen LogP contribution is -2.39. The highest BCUT2D eigenvalue weighted by Gasteiger charge is 2.29. The van der Waals surface area contributed by atoms with Crippen molar-refractivity contribution in [2.75, 3.05) is 0 Å². The third-order valence-electron chi connectivity index (χ3n) is 4.31. The van der Waals surface area contributed by atoms with Crippen LogP contribution in [0.2, 0.25) is 5.02 Å². The molecule has 0 saturated heterocycles. The number of benzene rings is 1. The van der Waals surface area contributed by atoms with E-state index >= 15 is 0 Å². The molecule has 2 N–H and O–H groups in total. The number of hydrogen-bond acceptors (Lipinski definition) is 2. The van der Waals surface area contributed by atoms with E-state index < -0.39 is 0 Å². The van der Waals surface area contributed by atoms with E-state index in [-0.39, 0.29) is 29.7 Å². The molecule has 4 nitrogen and oxygen atoms in total. The third-order valence-corrected chi connectivity index (χ3v) is 4.68. The van der Waals surface area contributed by atoms with E-state index in [0.29, 0.717) is 11.6 Å². The minimum atomic E-state index is 0.000544. The molecule has 0 radical (unpaired) electrons. The van der Waals surface area contributed by atoms with Gasteiger partial charge in [-0.1, -0.05) is 29.8 Å². The Balaban J connectivity index is 1.77. The van der Waals surface area contributed by atoms with Crippen LogP contribution in [-0.2, 0) is 16.1 Å². The molecule has 2 rings (SSSR count). The van der Waals surface area contributed by atoms with Gasteiger partial charge in [0.1, 0.15) is 0 Å². The minimum absolute atomic E-state index is 0.000544. The van der Waals surface area contributed by atoms with Gasteiger partial charge in [0.05, 0.1) is 0 Å². The topological polar surface area (TPSA) is 58.2 Å². The standard InChI is InChI=1S/C18H25ClN2O2/c1-12(2)21-18(23)14-9-7-13(8-10-14)17(22)20-11-15-5-3-4-6-16(15)19/h3-6,12-14H,7-11H2,1-2H3,(H,20,22)(H,21,23). The van der Waals surface area contributed by atoms with Crippen LogP contribution in [0.3, 0.4) is 0 Å². The molecule has 0 aromatic heterocycles. The maximum Gasteiger partial charge on any atom is 0.223 e. The molecule has 1 fully saturated rings. The third kappa shape index (κ3) is 5.24. The Hall–Kier alpha value is -1.55. The van der Waals surface area contributed by atoms with E-state index in [1.807, 2.05) is 38.1 Å². The Kier molecular flexibility index (Phi) is 6.46. The first-order chi connectivity index (χ1) is 11.0. The van der Waals surface area contributed by atoms with Crippen molar-refractivity contribution in [3.63, 3.8) is 0 Å². The summed E-state index contributed by atoms with van der Waals surface area (Å²) in [4.78, 5) is 24.3. The Morgan fingerprint density at radius 3 is 2.22 bits per heavy atom. The first kappa shape index (κ1) is 17.8. The fourth-order valence-electron chi connectivity index (χ4n) is 2.99. The Morgan fingerprint density at radius 2 is 1.65 bits per heavy atom. The molecule has 0 spiro atoms. The second-order valence-electron chi connectivity index (χ2n) is 6.52. The number of hydrogen-bond donors (Lipinski definition) is 2. The lowest BCUT2D eigenvalue weighted by atomic mass is 9.81. The minimum Gasteiger partial charge on any atom is -0.354 e. The van der Waals surface area contributed by atoms with E-state index in [2.05, 4.69) is 10.6 Å². The average Bonchev–Trinajstić information content (AvgIpc) is 2.53. The van der Waals surface area contributed by atoms with Crippen LogP contribution in [0, 0.1) is 11.8 Å². The van der Waals surface area contributed by atoms with Gasteiger partial charge in [-0.2, -0.15) is 0 Å². The fraction of sp³-hybridized carbons (Fsp3) is 0.556. The molecule has 0 aliphatic heterocycles. The van der Waals surface area contributed by atoms with Crippen LogP contribution in [0.1, 0.15) is 45.1 Å². The van der Waals surface area contributed by atoms with Gasteiger partial charge in [0.25, 0.3) is 0 Å². The second kappa shape index (κ2) is 8.34. The SMILES string of the molecule is CC(C)NC(=O)C1CCC(C(=O)NCc2ccccc2Cl)CC1. The highest BCUT2D eigenvalue weighted by atomic mass is 35.5. The zero-order chi connectivity index (χ0) is 16.8. The summed E-state index contributed by atoms with van der Waals surface area (Å²) in [6.45, 7) is 4.38. The molecule has 1 aromatic rings. The number of rotatable bonds is 5. The Morgan fingerprint density at radius 1 is 1.09 bits per heavy atom. The van der Waals surface area contributed by atoms with Crippen LogP contribution in [-0.4, -0.2) is 17.9 Å². The van der Waals surface area contributed by atoms with Crippen LogP contribution in [0.15, 0.2) is 24.3 Å². The van der Waals surface area contributed by atoms with E-state index in [9.17, 15) is 9.59 Å². The zero-order valence-electron chi connectivity index (χ0n) is 13.8. The van der Waals surface area contributed by atoms with Crippen LogP contribution < -0.4 is 10.6 Å². The summed E-state index contributed by atoms with van der Waals surface area (Å²) in [6, 6.07) is 7.68. The van der Waals surface area contributed by atoms with Crippen molar-refractivity contribution in [2.24, 2.45) is 11.8 Å². The molecular formula is C18H25ClN2O2. The molecule has 2 amide bonds. The highest BCUT2D eigenvalue weighted by molar-refractivity contribution is 6.31. The van der Waals surface area contributed by atoms with Gasteiger partial charge in [-0.3, -0.25) is 9.59 Å². The van der Waals surface area contributed by atoms with E-state index in [4.69, 9.17) is 11.6 Å². The number of nitrogens with one attached hydrogen (secondary N) is 2. The largest absolute Gasteiger partial charge is 0.354 e. The van der Waals surface area contributed by atoms with Gasteiger partial charge >= 0.3 is 0 Å². The number of amides is 2. The summed E-state index contributed by atoms with van der Waals surface area (Å²) >= 11 is 6.09. The summed E-state index contributed by atoms with van der Waals surface area (Å²) in [7, 11) is 0. The molecule has 5 heteroatoms. The second-order valence-corrected chi connectivity index (χ2v) is 6.93. The molecule has 1 aliphatic rings. The van der Waals surface area contributed by atoms with Gasteiger partial charge in [0.2, 0.25) is 11.8 Å². The summed E-state index contributed by atoms with van der Waals surface area (Å²) in [5.74, 6) is 0.230. The first-order valence-electron chi connectivity index (χ1n) is 8.29. The average molecular weight is 337 g/mol. The Bertz CT molecular complexity index is 552. The van der Waals surface area contributed by atoms with Crippen LogP contribution in [0.4, 0.5) is 0 Å². The van der Waals surface area contributed by atoms with Crippen molar-refractivity contribution in [1.29, 1.82) is 0 Å². The van der Waals surface area contributed by atoms with Crippen molar-refractivity contribution >= 4 is 23.4 Å². The highest BCUT2D eigenvalue weighted by Crippen LogP contribution is 2.29. The van der Waals surface area contributed by atoms with Crippen molar-refractivity contribution in [3.05, 3.63) is 34.9 Å². The normalized spacial score (nSPS) is 21.0. The van der Waals surface area contributed by atoms with E-state index in [1.54, 1.807) is 0 Å². The van der Waals surface area contributed by atoms with Gasteiger partial charge in [-0.15, -0.1) is 0 Å². The van der Waals surface area contributed by atoms with Crippen LogP contribution in [0.25, 0.3) is 0 Å². The quantitative estimate of drug-likeness (QED) is 0.866.